The molecule has 0 saturated heterocycles. The fourth-order valence-corrected chi connectivity index (χ4v) is 1.84. The Kier molecular flexibility index (Phi) is 9.88. The van der Waals surface area contributed by atoms with E-state index < -0.39 is 0 Å². The maximum Gasteiger partial charge on any atom is 0.222 e. The number of hydrogen-bond donors (Lipinski definition) is 0. The van der Waals surface area contributed by atoms with E-state index in [0.717, 1.165) is 38.9 Å². The lowest BCUT2D eigenvalue weighted by atomic mass is 10.2. The molecule has 0 bridgehead atoms. The van der Waals surface area contributed by atoms with Crippen LogP contribution >= 0.6 is 0 Å². The van der Waals surface area contributed by atoms with Crippen molar-refractivity contribution in [3.63, 3.8) is 0 Å². The first-order valence-corrected chi connectivity index (χ1v) is 7.43. The Morgan fingerprint density at radius 3 is 2.05 bits per heavy atom. The molecule has 0 aliphatic rings. The highest BCUT2D eigenvalue weighted by Crippen LogP contribution is 2.02. The zero-order valence-electron chi connectivity index (χ0n) is 13.8. The first-order chi connectivity index (χ1) is 8.84. The van der Waals surface area contributed by atoms with Crippen LogP contribution in [0, 0.1) is 0 Å². The van der Waals surface area contributed by atoms with E-state index >= 15 is 0 Å². The van der Waals surface area contributed by atoms with Gasteiger partial charge in [0.15, 0.2) is 0 Å². The third kappa shape index (κ3) is 9.91. The van der Waals surface area contributed by atoms with Gasteiger partial charge in [-0.1, -0.05) is 0 Å². The van der Waals surface area contributed by atoms with Crippen molar-refractivity contribution in [2.24, 2.45) is 0 Å². The van der Waals surface area contributed by atoms with Crippen molar-refractivity contribution in [2.75, 3.05) is 47.8 Å². The van der Waals surface area contributed by atoms with E-state index in [0.29, 0.717) is 12.5 Å². The van der Waals surface area contributed by atoms with Gasteiger partial charge in [0.1, 0.15) is 0 Å². The summed E-state index contributed by atoms with van der Waals surface area (Å²) in [5.41, 5.74) is 0. The Morgan fingerprint density at radius 2 is 1.53 bits per heavy atom. The Labute approximate surface area is 119 Å². The van der Waals surface area contributed by atoms with Crippen molar-refractivity contribution in [3.05, 3.63) is 0 Å². The van der Waals surface area contributed by atoms with Gasteiger partial charge >= 0.3 is 0 Å². The number of unbranched alkanes of at least 4 members (excludes halogenated alkanes) is 1. The minimum atomic E-state index is 0.283. The highest BCUT2D eigenvalue weighted by Gasteiger charge is 2.09. The molecule has 19 heavy (non-hydrogen) atoms. The smallest absolute Gasteiger partial charge is 0.222 e. The molecule has 0 aromatic heterocycles. The van der Waals surface area contributed by atoms with E-state index in [-0.39, 0.29) is 5.91 Å². The van der Waals surface area contributed by atoms with Gasteiger partial charge in [0.2, 0.25) is 5.91 Å². The van der Waals surface area contributed by atoms with Gasteiger partial charge in [-0.25, -0.2) is 0 Å². The molecule has 4 heteroatoms. The summed E-state index contributed by atoms with van der Waals surface area (Å²) in [6, 6.07) is 0.576. The van der Waals surface area contributed by atoms with Crippen molar-refractivity contribution in [2.45, 2.75) is 45.6 Å². The van der Waals surface area contributed by atoms with E-state index in [1.54, 1.807) is 0 Å². The molecule has 0 aliphatic carbocycles. The van der Waals surface area contributed by atoms with Crippen molar-refractivity contribution in [1.29, 1.82) is 0 Å². The maximum absolute atomic E-state index is 11.9. The molecule has 0 rings (SSSR count). The summed E-state index contributed by atoms with van der Waals surface area (Å²) in [6.07, 6.45) is 3.83. The fraction of sp³-hybridized carbons (Fsp3) is 0.933. The maximum atomic E-state index is 11.9. The lowest BCUT2D eigenvalue weighted by Gasteiger charge is -2.23. The van der Waals surface area contributed by atoms with Gasteiger partial charge in [-0.15, -0.1) is 0 Å². The molecule has 4 nitrogen and oxygen atoms in total. The number of carbonyl (C=O) groups is 1. The van der Waals surface area contributed by atoms with Crippen LogP contribution in [0.5, 0.6) is 0 Å². The van der Waals surface area contributed by atoms with Crippen molar-refractivity contribution in [1.82, 2.24) is 14.7 Å². The minimum absolute atomic E-state index is 0.283. The van der Waals surface area contributed by atoms with Gasteiger partial charge < -0.3 is 14.7 Å². The Balaban J connectivity index is 3.64. The lowest BCUT2D eigenvalue weighted by Crippen LogP contribution is -2.32. The molecule has 0 atom stereocenters. The molecule has 1 amide bonds. The molecule has 0 aliphatic heterocycles. The summed E-state index contributed by atoms with van der Waals surface area (Å²) in [5.74, 6) is 0.283. The summed E-state index contributed by atoms with van der Waals surface area (Å²) < 4.78 is 0. The summed E-state index contributed by atoms with van der Waals surface area (Å²) in [6.45, 7) is 7.37. The molecule has 0 N–H and O–H groups in total. The quantitative estimate of drug-likeness (QED) is 0.568. The largest absolute Gasteiger partial charge is 0.346 e. The number of rotatable bonds is 10. The summed E-state index contributed by atoms with van der Waals surface area (Å²) in [5, 5.41) is 0. The molecule has 0 heterocycles. The number of carbonyl (C=O) groups excluding carboxylic acids is 1. The van der Waals surface area contributed by atoms with Crippen LogP contribution in [0.3, 0.4) is 0 Å². The predicted octanol–water partition coefficient (Wildman–Crippen LogP) is 1.91. The second kappa shape index (κ2) is 10.2. The van der Waals surface area contributed by atoms with Crippen LogP contribution in [0.2, 0.25) is 0 Å². The van der Waals surface area contributed by atoms with E-state index in [1.807, 2.05) is 11.9 Å². The first kappa shape index (κ1) is 18.4. The fourth-order valence-electron chi connectivity index (χ4n) is 1.84. The summed E-state index contributed by atoms with van der Waals surface area (Å²) >= 11 is 0. The average Bonchev–Trinajstić information content (AvgIpc) is 2.33. The second-order valence-electron chi connectivity index (χ2n) is 6.00. The summed E-state index contributed by atoms with van der Waals surface area (Å²) in [7, 11) is 8.19. The van der Waals surface area contributed by atoms with Gasteiger partial charge in [-0.05, 0) is 67.3 Å². The van der Waals surface area contributed by atoms with Crippen LogP contribution in [-0.4, -0.2) is 74.5 Å². The number of amides is 1. The van der Waals surface area contributed by atoms with Crippen molar-refractivity contribution >= 4 is 5.91 Å². The molecule has 0 aromatic carbocycles. The molecule has 0 fully saturated rings. The van der Waals surface area contributed by atoms with Crippen LogP contribution in [-0.2, 0) is 4.79 Å². The standard InChI is InChI=1S/C15H33N3O/c1-14(2)17(5)12-9-13-18(6)15(19)10-7-8-11-16(3)4/h14H,7-13H2,1-6H3. The van der Waals surface area contributed by atoms with E-state index in [2.05, 4.69) is 44.8 Å². The lowest BCUT2D eigenvalue weighted by molar-refractivity contribution is -0.130. The molecular weight excluding hydrogens is 238 g/mol. The zero-order valence-corrected chi connectivity index (χ0v) is 13.8. The zero-order chi connectivity index (χ0) is 14.8. The first-order valence-electron chi connectivity index (χ1n) is 7.43. The van der Waals surface area contributed by atoms with E-state index in [4.69, 9.17) is 0 Å². The normalized spacial score (nSPS) is 11.6. The van der Waals surface area contributed by atoms with Gasteiger partial charge in [0, 0.05) is 26.1 Å². The SMILES string of the molecule is CC(C)N(C)CCCN(C)C(=O)CCCCN(C)C. The molecule has 0 saturated carbocycles. The van der Waals surface area contributed by atoms with Crippen molar-refractivity contribution in [3.8, 4) is 0 Å². The molecular formula is C15H33N3O. The van der Waals surface area contributed by atoms with Crippen molar-refractivity contribution < 1.29 is 4.79 Å². The van der Waals surface area contributed by atoms with Gasteiger partial charge in [0.25, 0.3) is 0 Å². The second-order valence-corrected chi connectivity index (χ2v) is 6.00. The van der Waals surface area contributed by atoms with Crippen LogP contribution in [0.4, 0.5) is 0 Å². The Bertz CT molecular complexity index is 242. The highest BCUT2D eigenvalue weighted by molar-refractivity contribution is 5.75. The molecule has 0 radical (unpaired) electrons. The third-order valence-corrected chi connectivity index (χ3v) is 3.56. The molecule has 0 spiro atoms. The molecule has 114 valence electrons. The molecule has 0 unspecified atom stereocenters. The van der Waals surface area contributed by atoms with Gasteiger partial charge in [-0.2, -0.15) is 0 Å². The Morgan fingerprint density at radius 1 is 0.895 bits per heavy atom. The van der Waals surface area contributed by atoms with Gasteiger partial charge in [-0.3, -0.25) is 4.79 Å². The monoisotopic (exact) mass is 271 g/mol. The van der Waals surface area contributed by atoms with E-state index in [9.17, 15) is 4.79 Å². The number of nitrogens with zero attached hydrogens (tertiary/aromatic N) is 3. The van der Waals surface area contributed by atoms with Crippen LogP contribution in [0.15, 0.2) is 0 Å². The Hall–Kier alpha value is -0.610. The predicted molar refractivity (Wildman–Crippen MR) is 82.4 cm³/mol. The van der Waals surface area contributed by atoms with Crippen LogP contribution < -0.4 is 0 Å². The van der Waals surface area contributed by atoms with E-state index in [1.165, 1.54) is 0 Å². The van der Waals surface area contributed by atoms with Gasteiger partial charge in [0.05, 0.1) is 0 Å². The topological polar surface area (TPSA) is 26.8 Å². The average molecular weight is 271 g/mol. The highest BCUT2D eigenvalue weighted by atomic mass is 16.2. The number of hydrogen-bond acceptors (Lipinski definition) is 3. The molecule has 0 aromatic rings. The minimum Gasteiger partial charge on any atom is -0.346 e. The van der Waals surface area contributed by atoms with Crippen LogP contribution in [0.25, 0.3) is 0 Å². The van der Waals surface area contributed by atoms with Crippen LogP contribution in [0.1, 0.15) is 39.5 Å². The summed E-state index contributed by atoms with van der Waals surface area (Å²) in [4.78, 5) is 18.3. The third-order valence-electron chi connectivity index (χ3n) is 3.56.